The van der Waals surface area contributed by atoms with Crippen LogP contribution in [0.4, 0.5) is 4.39 Å². The molecule has 0 radical (unpaired) electrons. The van der Waals surface area contributed by atoms with Crippen molar-refractivity contribution >= 4 is 27.8 Å². The van der Waals surface area contributed by atoms with E-state index in [1.54, 1.807) is 24.3 Å². The molecule has 0 bridgehead atoms. The van der Waals surface area contributed by atoms with Crippen molar-refractivity contribution in [2.75, 3.05) is 13.3 Å². The molecule has 0 fully saturated rings. The van der Waals surface area contributed by atoms with Crippen LogP contribution in [0.5, 0.6) is 5.75 Å². The Balaban J connectivity index is 2.44. The van der Waals surface area contributed by atoms with Gasteiger partial charge in [-0.2, -0.15) is 0 Å². The first-order chi connectivity index (χ1) is 8.52. The Morgan fingerprint density at radius 1 is 1.50 bits per heavy atom. The first kappa shape index (κ1) is 14.4. The summed E-state index contributed by atoms with van der Waals surface area (Å²) in [5, 5.41) is 10.5. The van der Waals surface area contributed by atoms with Crippen LogP contribution in [-0.4, -0.2) is 36.3 Å². The predicted molar refractivity (Wildman–Crippen MR) is 65.2 cm³/mol. The van der Waals surface area contributed by atoms with Crippen molar-refractivity contribution in [1.29, 1.82) is 0 Å². The van der Waals surface area contributed by atoms with Gasteiger partial charge in [-0.1, -0.05) is 22.0 Å². The van der Waals surface area contributed by atoms with Crippen LogP contribution in [0, 0.1) is 0 Å². The summed E-state index contributed by atoms with van der Waals surface area (Å²) in [5.41, 5.74) is 0. The molecule has 0 aliphatic rings. The second kappa shape index (κ2) is 6.95. The molecule has 0 saturated heterocycles. The topological polar surface area (TPSA) is 75.6 Å². The summed E-state index contributed by atoms with van der Waals surface area (Å²) in [7, 11) is 0. The van der Waals surface area contributed by atoms with Gasteiger partial charge in [-0.05, 0) is 18.2 Å². The van der Waals surface area contributed by atoms with Gasteiger partial charge in [-0.15, -0.1) is 0 Å². The highest BCUT2D eigenvalue weighted by Crippen LogP contribution is 2.17. The van der Waals surface area contributed by atoms with Crippen LogP contribution in [0.2, 0.25) is 0 Å². The minimum absolute atomic E-state index is 0.375. The summed E-state index contributed by atoms with van der Waals surface area (Å²) >= 11 is 3.23. The molecule has 1 rings (SSSR count). The number of carbonyl (C=O) groups is 2. The zero-order valence-corrected chi connectivity index (χ0v) is 10.8. The molecule has 0 saturated carbocycles. The summed E-state index contributed by atoms with van der Waals surface area (Å²) in [6.07, 6.45) is 0. The first-order valence-electron chi connectivity index (χ1n) is 4.99. The maximum Gasteiger partial charge on any atom is 0.328 e. The van der Waals surface area contributed by atoms with Crippen LogP contribution in [0.3, 0.4) is 0 Å². The zero-order valence-electron chi connectivity index (χ0n) is 9.23. The van der Waals surface area contributed by atoms with Crippen LogP contribution in [0.15, 0.2) is 28.7 Å². The van der Waals surface area contributed by atoms with Gasteiger partial charge in [-0.3, -0.25) is 4.79 Å². The minimum Gasteiger partial charge on any atom is -0.484 e. The Morgan fingerprint density at radius 3 is 2.78 bits per heavy atom. The number of carboxylic acids is 1. The molecule has 1 aromatic carbocycles. The summed E-state index contributed by atoms with van der Waals surface area (Å²) in [6, 6.07) is 5.26. The quantitative estimate of drug-likeness (QED) is 0.830. The monoisotopic (exact) mass is 319 g/mol. The van der Waals surface area contributed by atoms with Gasteiger partial charge < -0.3 is 15.2 Å². The standard InChI is InChI=1S/C11H11BrFNO4/c12-7-2-1-3-8(4-7)18-6-10(15)14-9(5-13)11(16)17/h1-4,9H,5-6H2,(H,14,15)(H,16,17). The fourth-order valence-corrected chi connectivity index (χ4v) is 1.49. The number of carboxylic acid groups (broad SMARTS) is 1. The Hall–Kier alpha value is -1.63. The maximum atomic E-state index is 12.2. The molecule has 1 aromatic rings. The van der Waals surface area contributed by atoms with Crippen molar-refractivity contribution in [1.82, 2.24) is 5.32 Å². The summed E-state index contributed by atoms with van der Waals surface area (Å²) in [6.45, 7) is -1.54. The van der Waals surface area contributed by atoms with Crippen molar-refractivity contribution in [2.24, 2.45) is 0 Å². The highest BCUT2D eigenvalue weighted by molar-refractivity contribution is 9.10. The molecular formula is C11H11BrFNO4. The number of alkyl halides is 1. The van der Waals surface area contributed by atoms with E-state index < -0.39 is 24.6 Å². The Bertz CT molecular complexity index is 441. The molecule has 1 amide bonds. The van der Waals surface area contributed by atoms with Crippen molar-refractivity contribution in [3.8, 4) is 5.75 Å². The lowest BCUT2D eigenvalue weighted by atomic mass is 10.3. The Labute approximate surface area is 111 Å². The number of benzene rings is 1. The number of hydrogen-bond acceptors (Lipinski definition) is 3. The number of hydrogen-bond donors (Lipinski definition) is 2. The smallest absolute Gasteiger partial charge is 0.328 e. The third-order valence-corrected chi connectivity index (χ3v) is 2.45. The van der Waals surface area contributed by atoms with Crippen molar-refractivity contribution in [3.63, 3.8) is 0 Å². The fourth-order valence-electron chi connectivity index (χ4n) is 1.11. The SMILES string of the molecule is O=C(COc1cccc(Br)c1)NC(CF)C(=O)O. The molecule has 0 aromatic heterocycles. The third kappa shape index (κ3) is 4.70. The second-order valence-electron chi connectivity index (χ2n) is 3.36. The molecule has 7 heteroatoms. The van der Waals surface area contributed by atoms with Gasteiger partial charge in [0.2, 0.25) is 0 Å². The lowest BCUT2D eigenvalue weighted by Crippen LogP contribution is -2.44. The van der Waals surface area contributed by atoms with Gasteiger partial charge in [0, 0.05) is 4.47 Å². The molecule has 1 atom stereocenters. The average Bonchev–Trinajstić information content (AvgIpc) is 2.33. The highest BCUT2D eigenvalue weighted by atomic mass is 79.9. The van der Waals surface area contributed by atoms with Gasteiger partial charge in [0.1, 0.15) is 12.4 Å². The third-order valence-electron chi connectivity index (χ3n) is 1.95. The number of amides is 1. The molecular weight excluding hydrogens is 309 g/mol. The molecule has 18 heavy (non-hydrogen) atoms. The van der Waals surface area contributed by atoms with Crippen LogP contribution < -0.4 is 10.1 Å². The molecule has 5 nitrogen and oxygen atoms in total. The van der Waals surface area contributed by atoms with Crippen molar-refractivity contribution in [2.45, 2.75) is 6.04 Å². The summed E-state index contributed by atoms with van der Waals surface area (Å²) in [4.78, 5) is 21.8. The zero-order chi connectivity index (χ0) is 13.5. The van der Waals surface area contributed by atoms with Gasteiger partial charge in [0.05, 0.1) is 0 Å². The number of rotatable bonds is 6. The Kier molecular flexibility index (Phi) is 5.57. The van der Waals surface area contributed by atoms with E-state index in [2.05, 4.69) is 15.9 Å². The summed E-state index contributed by atoms with van der Waals surface area (Å²) in [5.74, 6) is -1.67. The number of aliphatic carboxylic acids is 1. The lowest BCUT2D eigenvalue weighted by Gasteiger charge is -2.11. The van der Waals surface area contributed by atoms with Crippen LogP contribution in [0.1, 0.15) is 0 Å². The first-order valence-corrected chi connectivity index (χ1v) is 5.78. The molecule has 0 aliphatic heterocycles. The number of halogens is 2. The van der Waals surface area contributed by atoms with E-state index in [-0.39, 0.29) is 6.61 Å². The van der Waals surface area contributed by atoms with Crippen LogP contribution in [-0.2, 0) is 9.59 Å². The summed E-state index contributed by atoms with van der Waals surface area (Å²) < 4.78 is 18.1. The van der Waals surface area contributed by atoms with Crippen molar-refractivity contribution < 1.29 is 23.8 Å². The number of nitrogens with one attached hydrogen (secondary N) is 1. The van der Waals surface area contributed by atoms with E-state index in [0.717, 1.165) is 4.47 Å². The molecule has 98 valence electrons. The van der Waals surface area contributed by atoms with Gasteiger partial charge in [-0.25, -0.2) is 9.18 Å². The molecule has 1 unspecified atom stereocenters. The van der Waals surface area contributed by atoms with Gasteiger partial charge in [0.25, 0.3) is 5.91 Å². The Morgan fingerprint density at radius 2 is 2.22 bits per heavy atom. The number of carbonyl (C=O) groups excluding carboxylic acids is 1. The second-order valence-corrected chi connectivity index (χ2v) is 4.27. The maximum absolute atomic E-state index is 12.2. The van der Waals surface area contributed by atoms with E-state index in [1.807, 2.05) is 5.32 Å². The average molecular weight is 320 g/mol. The lowest BCUT2D eigenvalue weighted by molar-refractivity contribution is -0.142. The van der Waals surface area contributed by atoms with E-state index >= 15 is 0 Å². The largest absolute Gasteiger partial charge is 0.484 e. The molecule has 0 spiro atoms. The van der Waals surface area contributed by atoms with E-state index in [9.17, 15) is 14.0 Å². The molecule has 2 N–H and O–H groups in total. The van der Waals surface area contributed by atoms with Gasteiger partial charge >= 0.3 is 5.97 Å². The molecule has 0 heterocycles. The van der Waals surface area contributed by atoms with E-state index in [1.165, 1.54) is 0 Å². The normalized spacial score (nSPS) is 11.7. The van der Waals surface area contributed by atoms with E-state index in [0.29, 0.717) is 5.75 Å². The predicted octanol–water partition coefficient (Wildman–Crippen LogP) is 1.37. The van der Waals surface area contributed by atoms with Crippen molar-refractivity contribution in [3.05, 3.63) is 28.7 Å². The minimum atomic E-state index is -1.54. The fraction of sp³-hybridized carbons (Fsp3) is 0.273. The van der Waals surface area contributed by atoms with Crippen LogP contribution in [0.25, 0.3) is 0 Å². The molecule has 0 aliphatic carbocycles. The number of ether oxygens (including phenoxy) is 1. The van der Waals surface area contributed by atoms with E-state index in [4.69, 9.17) is 9.84 Å². The van der Waals surface area contributed by atoms with Crippen LogP contribution >= 0.6 is 15.9 Å². The highest BCUT2D eigenvalue weighted by Gasteiger charge is 2.19. The van der Waals surface area contributed by atoms with Gasteiger partial charge in [0.15, 0.2) is 12.6 Å².